The van der Waals surface area contributed by atoms with Gasteiger partial charge in [0.2, 0.25) is 0 Å². The van der Waals surface area contributed by atoms with Crippen LogP contribution in [0, 0.1) is 11.3 Å². The maximum atomic E-state index is 7.32. The van der Waals surface area contributed by atoms with Crippen molar-refractivity contribution in [3.8, 4) is 6.07 Å². The van der Waals surface area contributed by atoms with Crippen LogP contribution in [0.3, 0.4) is 0 Å². The van der Waals surface area contributed by atoms with Crippen LogP contribution in [-0.2, 0) is 12.8 Å². The molecule has 1 aliphatic rings. The third-order valence-corrected chi connectivity index (χ3v) is 6.99. The lowest BCUT2D eigenvalue weighted by Gasteiger charge is -2.35. The summed E-state index contributed by atoms with van der Waals surface area (Å²) in [5.74, 6) is 0.577. The summed E-state index contributed by atoms with van der Waals surface area (Å²) in [6.45, 7) is 9.58. The Labute approximate surface area is 195 Å². The van der Waals surface area contributed by atoms with Crippen LogP contribution >= 0.6 is 11.6 Å². The summed E-state index contributed by atoms with van der Waals surface area (Å²) < 4.78 is 0. The second-order valence-corrected chi connectivity index (χ2v) is 9.39. The molecule has 168 valence electrons. The molecule has 3 rings (SSSR count). The Balaban J connectivity index is 0.00000107. The van der Waals surface area contributed by atoms with Crippen LogP contribution in [-0.4, -0.2) is 28.9 Å². The lowest BCUT2D eigenvalue weighted by atomic mass is 9.79. The Morgan fingerprint density at radius 2 is 1.61 bits per heavy atom. The van der Waals surface area contributed by atoms with Crippen molar-refractivity contribution in [3.63, 3.8) is 0 Å². The molecule has 3 unspecified atom stereocenters. The topological polar surface area (TPSA) is 27.0 Å². The van der Waals surface area contributed by atoms with Crippen molar-refractivity contribution in [1.29, 1.82) is 5.26 Å². The zero-order valence-electron chi connectivity index (χ0n) is 19.7. The van der Waals surface area contributed by atoms with Gasteiger partial charge in [-0.1, -0.05) is 61.5 Å². The van der Waals surface area contributed by atoms with E-state index >= 15 is 0 Å². The van der Waals surface area contributed by atoms with Crippen LogP contribution in [0.1, 0.15) is 76.0 Å². The third kappa shape index (κ3) is 7.99. The van der Waals surface area contributed by atoms with E-state index in [4.69, 9.17) is 16.9 Å². The second kappa shape index (κ2) is 13.6. The van der Waals surface area contributed by atoms with Gasteiger partial charge in [-0.3, -0.25) is 4.90 Å². The molecule has 1 fully saturated rings. The van der Waals surface area contributed by atoms with Gasteiger partial charge in [-0.2, -0.15) is 5.26 Å². The van der Waals surface area contributed by atoms with E-state index in [0.29, 0.717) is 23.4 Å². The first-order chi connectivity index (χ1) is 15.0. The molecule has 3 atom stereocenters. The van der Waals surface area contributed by atoms with Crippen molar-refractivity contribution in [3.05, 3.63) is 71.3 Å². The molecular weight excluding hydrogens is 400 g/mol. The van der Waals surface area contributed by atoms with Crippen molar-refractivity contribution >= 4 is 11.6 Å². The number of hydrogen-bond donors (Lipinski definition) is 0. The van der Waals surface area contributed by atoms with E-state index < -0.39 is 0 Å². The van der Waals surface area contributed by atoms with Crippen molar-refractivity contribution in [2.45, 2.75) is 89.6 Å². The van der Waals surface area contributed by atoms with E-state index in [2.05, 4.69) is 80.3 Å². The highest BCUT2D eigenvalue weighted by molar-refractivity contribution is 6.21. The highest BCUT2D eigenvalue weighted by Gasteiger charge is 2.30. The number of hydrogen-bond acceptors (Lipinski definition) is 2. The van der Waals surface area contributed by atoms with E-state index in [1.807, 2.05) is 0 Å². The van der Waals surface area contributed by atoms with Gasteiger partial charge in [0, 0.05) is 36.8 Å². The average Bonchev–Trinajstić information content (AvgIpc) is 2.77. The van der Waals surface area contributed by atoms with E-state index in [-0.39, 0.29) is 0 Å². The minimum absolute atomic E-state index is 0.347. The lowest BCUT2D eigenvalue weighted by Crippen LogP contribution is -2.41. The summed E-state index contributed by atoms with van der Waals surface area (Å²) in [5, 5.41) is 7.67. The Morgan fingerprint density at radius 1 is 1.00 bits per heavy atom. The van der Waals surface area contributed by atoms with Crippen molar-refractivity contribution in [1.82, 2.24) is 4.90 Å². The van der Waals surface area contributed by atoms with Gasteiger partial charge in [-0.25, -0.2) is 0 Å². The summed E-state index contributed by atoms with van der Waals surface area (Å²) in [6.07, 6.45) is 7.13. The summed E-state index contributed by atoms with van der Waals surface area (Å²) in [5.41, 5.74) is 4.32. The normalized spacial score (nSPS) is 18.6. The van der Waals surface area contributed by atoms with Crippen LogP contribution in [0.5, 0.6) is 0 Å². The Kier molecular flexibility index (Phi) is 11.1. The number of rotatable bonds is 10. The van der Waals surface area contributed by atoms with Crippen molar-refractivity contribution in [2.75, 3.05) is 6.54 Å². The maximum absolute atomic E-state index is 7.32. The molecule has 2 aromatic rings. The summed E-state index contributed by atoms with van der Waals surface area (Å²) >= 11 is 6.34. The molecule has 31 heavy (non-hydrogen) atoms. The average molecular weight is 439 g/mol. The second-order valence-electron chi connectivity index (χ2n) is 8.83. The molecule has 0 aliphatic heterocycles. The van der Waals surface area contributed by atoms with Gasteiger partial charge in [-0.05, 0) is 69.1 Å². The molecule has 0 saturated heterocycles. The fourth-order valence-electron chi connectivity index (χ4n) is 4.47. The van der Waals surface area contributed by atoms with E-state index in [1.54, 1.807) is 6.07 Å². The first-order valence-corrected chi connectivity index (χ1v) is 12.3. The molecule has 0 N–H and O–H groups in total. The zero-order valence-corrected chi connectivity index (χ0v) is 20.5. The van der Waals surface area contributed by atoms with Crippen molar-refractivity contribution in [2.24, 2.45) is 0 Å². The predicted molar refractivity (Wildman–Crippen MR) is 134 cm³/mol. The smallest absolute Gasteiger partial charge is 0.0587 e. The van der Waals surface area contributed by atoms with Crippen LogP contribution in [0.2, 0.25) is 0 Å². The molecule has 2 aromatic carbocycles. The van der Waals surface area contributed by atoms with E-state index in [9.17, 15) is 0 Å². The van der Waals surface area contributed by atoms with Gasteiger partial charge in [0.1, 0.15) is 0 Å². The molecule has 0 heterocycles. The minimum atomic E-state index is 0.347. The Hall–Kier alpha value is -1.82. The zero-order chi connectivity index (χ0) is 22.6. The van der Waals surface area contributed by atoms with Crippen LogP contribution in [0.15, 0.2) is 54.6 Å². The molecule has 0 aromatic heterocycles. The van der Waals surface area contributed by atoms with E-state index in [0.717, 1.165) is 19.4 Å². The molecule has 3 heteroatoms. The number of halogens is 1. The molecule has 0 spiro atoms. The fourth-order valence-corrected chi connectivity index (χ4v) is 4.87. The predicted octanol–water partition coefficient (Wildman–Crippen LogP) is 7.37. The monoisotopic (exact) mass is 438 g/mol. The van der Waals surface area contributed by atoms with Crippen LogP contribution in [0.4, 0.5) is 0 Å². The molecule has 1 saturated carbocycles. The molecule has 0 radical (unpaired) electrons. The summed E-state index contributed by atoms with van der Waals surface area (Å²) in [7, 11) is 0. The third-order valence-electron chi connectivity index (χ3n) is 6.47. The first kappa shape index (κ1) is 25.4. The van der Waals surface area contributed by atoms with Gasteiger partial charge in [0.05, 0.1) is 6.07 Å². The van der Waals surface area contributed by atoms with Crippen LogP contribution in [0.25, 0.3) is 0 Å². The largest absolute Gasteiger partial charge is 0.298 e. The number of aryl methyl sites for hydroxylation is 1. The molecule has 1 aliphatic carbocycles. The number of benzene rings is 2. The molecule has 0 bridgehead atoms. The van der Waals surface area contributed by atoms with Crippen LogP contribution < -0.4 is 0 Å². The quantitative estimate of drug-likeness (QED) is 0.362. The minimum Gasteiger partial charge on any atom is -0.298 e. The van der Waals surface area contributed by atoms with Gasteiger partial charge in [0.25, 0.3) is 0 Å². The highest BCUT2D eigenvalue weighted by Crippen LogP contribution is 2.40. The first-order valence-electron chi connectivity index (χ1n) is 11.8. The Morgan fingerprint density at radius 3 is 2.10 bits per heavy atom. The molecular formula is C28H39ClN2. The summed E-state index contributed by atoms with van der Waals surface area (Å²) in [6, 6.07) is 23.1. The number of nitrogens with zero attached hydrogens (tertiary/aromatic N) is 2. The Bertz CT molecular complexity index is 779. The molecule has 2 nitrogen and oxygen atoms in total. The molecule has 0 amide bonds. The number of alkyl halides is 1. The van der Waals surface area contributed by atoms with Gasteiger partial charge >= 0.3 is 0 Å². The SMILES string of the molecule is CC#N.CCC(CCc1ccc(C2CCC2Cl)cc1)N(CCc1ccccc1)C(C)C. The lowest BCUT2D eigenvalue weighted by molar-refractivity contribution is 0.143. The highest BCUT2D eigenvalue weighted by atomic mass is 35.5. The fraction of sp³-hybridized carbons (Fsp3) is 0.536. The summed E-state index contributed by atoms with van der Waals surface area (Å²) in [4.78, 5) is 2.70. The van der Waals surface area contributed by atoms with E-state index in [1.165, 1.54) is 49.3 Å². The van der Waals surface area contributed by atoms with Crippen molar-refractivity contribution < 1.29 is 0 Å². The van der Waals surface area contributed by atoms with Gasteiger partial charge in [0.15, 0.2) is 0 Å². The standard InChI is InChI=1S/C26H36ClN.C2H3N/c1-4-24(28(20(2)3)19-18-21-8-6-5-7-9-21)15-12-22-10-13-23(14-11-22)25-16-17-26(25)27;1-2-3/h5-11,13-14,20,24-26H,4,12,15-19H2,1-3H3;1H3. The maximum Gasteiger partial charge on any atom is 0.0587 e. The number of nitriles is 1. The van der Waals surface area contributed by atoms with Gasteiger partial charge in [-0.15, -0.1) is 11.6 Å². The van der Waals surface area contributed by atoms with Gasteiger partial charge < -0.3 is 0 Å².